The van der Waals surface area contributed by atoms with Crippen LogP contribution in [0.2, 0.25) is 20.1 Å². The monoisotopic (exact) mass is 1810 g/mol. The molecule has 12 rings (SSSR count). The first-order chi connectivity index (χ1) is 52.7. The van der Waals surface area contributed by atoms with E-state index >= 15 is 0 Å². The number of carbonyl (C=O) groups excluding carboxylic acids is 4. The number of benzene rings is 8. The molecule has 24 nitrogen and oxygen atoms in total. The van der Waals surface area contributed by atoms with Crippen LogP contribution in [0.5, 0.6) is 0 Å². The van der Waals surface area contributed by atoms with Gasteiger partial charge in [0.25, 0.3) is 23.6 Å². The fourth-order valence-corrected chi connectivity index (χ4v) is 17.3. The fourth-order valence-electron chi connectivity index (χ4n) is 10.6. The lowest BCUT2D eigenvalue weighted by atomic mass is 9.91. The van der Waals surface area contributed by atoms with Crippen LogP contribution in [0.15, 0.2) is 139 Å². The predicted octanol–water partition coefficient (Wildman–Crippen LogP) is 12.0. The van der Waals surface area contributed by atoms with Crippen LogP contribution < -0.4 is 40.2 Å². The zero-order valence-electron chi connectivity index (χ0n) is 56.5. The number of carbonyl (C=O) groups is 4. The molecule has 4 amide bonds. The van der Waals surface area contributed by atoms with E-state index in [9.17, 15) is 126 Å². The van der Waals surface area contributed by atoms with Gasteiger partial charge in [0.2, 0.25) is 40.1 Å². The Morgan fingerprint density at radius 3 is 0.894 bits per heavy atom. The highest BCUT2D eigenvalue weighted by Gasteiger charge is 2.38. The van der Waals surface area contributed by atoms with Crippen molar-refractivity contribution in [1.82, 2.24) is 18.9 Å². The van der Waals surface area contributed by atoms with Crippen molar-refractivity contribution in [3.63, 3.8) is 0 Å². The third-order valence-corrected chi connectivity index (χ3v) is 24.7. The summed E-state index contributed by atoms with van der Waals surface area (Å²) in [5.41, 5.74) is -2.16. The first-order valence-corrected chi connectivity index (χ1v) is 40.4. The molecule has 606 valence electrons. The molecular formula is C68H55BrCl4F12N8O16S4. The zero-order valence-corrected chi connectivity index (χ0v) is 64.4. The standard InChI is InChI=1S/C17H14BrF3N2O4S.C17H14Cl2F2N2O4S.C17H13ClF4N2O4S.C17H14ClF3N2O4S/c18-12-5-8(1-2-13(12)19)22-17(25)11-6-16(15(21)7-14(11)20)28(26,27)23-9-3-10(24)4-9;18-12-7-15(21)16(28(26,27)23-9-3-10(24)4-9)6-11(12)17(25)22-8-1-2-14(20)13(19)5-8;18-11-6-12(19)15(29(27,28)24-8-1-9(25)2-8)5-10(11)17(26)23-7-3-13(20)16(22)14(21)4-7;18-12-7-15(21)16(28(26,27)23-9-3-10(24)4-9)6-11(12)17(25)22-8-1-2-13(19)14(20)5-8/h2*1-2,5-7,9-10,23-24H,3-4H2,(H,22,25);3-6,8-9,24-25H,1-2H2,(H,23,26);1-2,5-7,9-10,23-24H,3-4H2,(H,22,25). The van der Waals surface area contributed by atoms with E-state index in [1.54, 1.807) is 0 Å². The highest BCUT2D eigenvalue weighted by atomic mass is 79.9. The highest BCUT2D eigenvalue weighted by molar-refractivity contribution is 9.10. The van der Waals surface area contributed by atoms with Gasteiger partial charge in [-0.25, -0.2) is 105 Å². The number of halogens is 17. The molecule has 0 bridgehead atoms. The summed E-state index contributed by atoms with van der Waals surface area (Å²) < 4.78 is 271. The Morgan fingerprint density at radius 1 is 0.301 bits per heavy atom. The van der Waals surface area contributed by atoms with E-state index in [4.69, 9.17) is 46.4 Å². The van der Waals surface area contributed by atoms with Crippen LogP contribution in [0.3, 0.4) is 0 Å². The maximum atomic E-state index is 14.2. The van der Waals surface area contributed by atoms with Gasteiger partial charge in [-0.3, -0.25) is 19.2 Å². The van der Waals surface area contributed by atoms with E-state index < -0.39 is 224 Å². The van der Waals surface area contributed by atoms with Crippen molar-refractivity contribution >= 4 is 149 Å². The third-order valence-electron chi connectivity index (χ3n) is 16.7. The van der Waals surface area contributed by atoms with Gasteiger partial charge in [-0.05, 0) is 158 Å². The Kier molecular flexibility index (Phi) is 28.6. The molecule has 0 spiro atoms. The van der Waals surface area contributed by atoms with Gasteiger partial charge in [0.15, 0.2) is 29.1 Å². The average molecular weight is 1820 g/mol. The minimum atomic E-state index is -4.38. The van der Waals surface area contributed by atoms with Crippen molar-refractivity contribution in [3.05, 3.63) is 232 Å². The number of nitrogens with one attached hydrogen (secondary N) is 8. The van der Waals surface area contributed by atoms with E-state index in [0.29, 0.717) is 42.5 Å². The summed E-state index contributed by atoms with van der Waals surface area (Å²) in [6, 6.07) is 13.5. The number of rotatable bonds is 20. The van der Waals surface area contributed by atoms with E-state index in [2.05, 4.69) is 50.8 Å². The molecule has 8 aromatic carbocycles. The maximum absolute atomic E-state index is 14.2. The van der Waals surface area contributed by atoms with Crippen LogP contribution in [0.4, 0.5) is 75.4 Å². The number of amides is 4. The lowest BCUT2D eigenvalue weighted by Gasteiger charge is -2.31. The number of anilines is 4. The molecule has 0 radical (unpaired) electrons. The SMILES string of the molecule is O=C(Nc1cc(F)c(F)c(F)c1)c1cc(S(=O)(=O)NC2CC(O)C2)c(F)cc1Cl.O=C(Nc1ccc(F)c(Br)c1)c1cc(S(=O)(=O)NC2CC(O)C2)c(F)cc1F.O=C(Nc1ccc(F)c(Cl)c1)c1cc(S(=O)(=O)NC2CC(O)C2)c(F)cc1Cl.O=C(Nc1ccc(F)c(F)c1)c1cc(S(=O)(=O)NC2CC(O)C2)c(F)cc1Cl. The van der Waals surface area contributed by atoms with E-state index in [0.717, 1.165) is 54.6 Å². The van der Waals surface area contributed by atoms with Crippen LogP contribution in [-0.2, 0) is 40.1 Å². The first-order valence-electron chi connectivity index (χ1n) is 32.2. The molecule has 45 heteroatoms. The van der Waals surface area contributed by atoms with Gasteiger partial charge in [-0.2, -0.15) is 0 Å². The van der Waals surface area contributed by atoms with Crippen molar-refractivity contribution in [2.45, 2.75) is 120 Å². The van der Waals surface area contributed by atoms with Crippen LogP contribution in [0, 0.1) is 69.8 Å². The van der Waals surface area contributed by atoms with Crippen LogP contribution in [-0.4, -0.2) is 126 Å². The summed E-state index contributed by atoms with van der Waals surface area (Å²) >= 11 is 26.1. The summed E-state index contributed by atoms with van der Waals surface area (Å²) in [7, 11) is -17.4. The van der Waals surface area contributed by atoms with E-state index in [-0.39, 0.29) is 99.1 Å². The van der Waals surface area contributed by atoms with Gasteiger partial charge < -0.3 is 41.7 Å². The summed E-state index contributed by atoms with van der Waals surface area (Å²) in [4.78, 5) is 46.2. The number of aliphatic hydroxyl groups excluding tert-OH is 4. The molecule has 4 aliphatic carbocycles. The molecule has 0 atom stereocenters. The molecular weight excluding hydrogens is 1760 g/mol. The normalized spacial score (nSPS) is 19.1. The molecule has 4 fully saturated rings. The van der Waals surface area contributed by atoms with Crippen LogP contribution in [0.1, 0.15) is 92.8 Å². The zero-order chi connectivity index (χ0) is 83.4. The predicted molar refractivity (Wildman–Crippen MR) is 388 cm³/mol. The maximum Gasteiger partial charge on any atom is 0.258 e. The van der Waals surface area contributed by atoms with Crippen LogP contribution >= 0.6 is 62.3 Å². The molecule has 12 N–H and O–H groups in total. The minimum absolute atomic E-state index is 0.0556. The largest absolute Gasteiger partial charge is 0.393 e. The van der Waals surface area contributed by atoms with Crippen LogP contribution in [0.25, 0.3) is 0 Å². The Morgan fingerprint density at radius 2 is 0.575 bits per heavy atom. The second-order valence-electron chi connectivity index (χ2n) is 25.3. The average Bonchev–Trinajstić information content (AvgIpc) is 0.794. The van der Waals surface area contributed by atoms with Gasteiger partial charge >= 0.3 is 0 Å². The van der Waals surface area contributed by atoms with E-state index in [1.807, 2.05) is 5.32 Å². The van der Waals surface area contributed by atoms with E-state index in [1.165, 1.54) is 18.2 Å². The summed E-state index contributed by atoms with van der Waals surface area (Å²) in [5.74, 6) is -18.4. The number of aliphatic hydroxyl groups is 4. The third kappa shape index (κ3) is 22.5. The van der Waals surface area contributed by atoms with Gasteiger partial charge in [-0.1, -0.05) is 46.4 Å². The number of hydrogen-bond donors (Lipinski definition) is 12. The van der Waals surface area contributed by atoms with Gasteiger partial charge in [0, 0.05) is 71.2 Å². The highest BCUT2D eigenvalue weighted by Crippen LogP contribution is 2.34. The molecule has 4 saturated carbocycles. The fraction of sp³-hybridized carbons (Fsp3) is 0.235. The molecule has 0 saturated heterocycles. The summed E-state index contributed by atoms with van der Waals surface area (Å²) in [6.45, 7) is 0. The van der Waals surface area contributed by atoms with Gasteiger partial charge in [0.05, 0.1) is 71.2 Å². The summed E-state index contributed by atoms with van der Waals surface area (Å²) in [5, 5.41) is 44.6. The van der Waals surface area contributed by atoms with Crippen molar-refractivity contribution < 1.29 is 126 Å². The van der Waals surface area contributed by atoms with Crippen molar-refractivity contribution in [2.24, 2.45) is 0 Å². The first kappa shape index (κ1) is 88.9. The lowest BCUT2D eigenvalue weighted by Crippen LogP contribution is -2.46. The second kappa shape index (κ2) is 36.4. The molecule has 4 aliphatic rings. The second-order valence-corrected chi connectivity index (χ2v) is 34.5. The molecule has 0 heterocycles. The minimum Gasteiger partial charge on any atom is -0.393 e. The smallest absolute Gasteiger partial charge is 0.258 e. The van der Waals surface area contributed by atoms with Gasteiger partial charge in [-0.15, -0.1) is 0 Å². The molecule has 0 aliphatic heterocycles. The Balaban J connectivity index is 0.000000173. The number of sulfonamides is 4. The number of hydrogen-bond acceptors (Lipinski definition) is 16. The Bertz CT molecular complexity index is 5150. The summed E-state index contributed by atoms with van der Waals surface area (Å²) in [6.07, 6.45) is -1.04. The molecule has 8 aromatic rings. The Labute approximate surface area is 661 Å². The Hall–Kier alpha value is -8.08. The molecule has 0 unspecified atom stereocenters. The quantitative estimate of drug-likeness (QED) is 0.0249. The molecule has 0 aromatic heterocycles. The van der Waals surface area contributed by atoms with Gasteiger partial charge in [0.1, 0.15) is 60.3 Å². The van der Waals surface area contributed by atoms with Crippen molar-refractivity contribution in [3.8, 4) is 0 Å². The topological polar surface area (TPSA) is 382 Å². The lowest BCUT2D eigenvalue weighted by molar-refractivity contribution is 0.0707. The molecule has 113 heavy (non-hydrogen) atoms. The van der Waals surface area contributed by atoms with Crippen molar-refractivity contribution in [1.29, 1.82) is 0 Å². The van der Waals surface area contributed by atoms with Crippen molar-refractivity contribution in [2.75, 3.05) is 21.3 Å².